The monoisotopic (exact) mass is 257 g/mol. The van der Waals surface area contributed by atoms with Gasteiger partial charge in [0, 0.05) is 13.1 Å². The Kier molecular flexibility index (Phi) is 5.06. The quantitative estimate of drug-likeness (QED) is 0.806. The summed E-state index contributed by atoms with van der Waals surface area (Å²) in [7, 11) is 0. The van der Waals surface area contributed by atoms with Crippen LogP contribution in [0.3, 0.4) is 0 Å². The molecule has 96 valence electrons. The molecule has 4 heteroatoms. The fraction of sp³-hybridized carbons (Fsp3) is 0.615. The second-order valence-corrected chi connectivity index (χ2v) is 5.45. The van der Waals surface area contributed by atoms with Crippen molar-refractivity contribution in [3.63, 3.8) is 0 Å². The van der Waals surface area contributed by atoms with Crippen molar-refractivity contribution in [3.8, 4) is 0 Å². The number of rotatable bonds is 5. The third-order valence-electron chi connectivity index (χ3n) is 2.31. The second kappa shape index (κ2) is 6.10. The minimum Gasteiger partial charge on any atom is -0.452 e. The van der Waals surface area contributed by atoms with Gasteiger partial charge in [-0.25, -0.2) is 0 Å². The first kappa shape index (κ1) is 14.1. The Hall–Kier alpha value is -0.960. The highest BCUT2D eigenvalue weighted by molar-refractivity contribution is 6.32. The van der Waals surface area contributed by atoms with Crippen molar-refractivity contribution in [1.29, 1.82) is 0 Å². The maximum Gasteiger partial charge on any atom is 0.258 e. The van der Waals surface area contributed by atoms with E-state index in [4.69, 9.17) is 16.0 Å². The molecule has 0 aliphatic carbocycles. The van der Waals surface area contributed by atoms with Crippen LogP contribution in [0.5, 0.6) is 0 Å². The minimum atomic E-state index is -0.0499. The number of amides is 1. The van der Waals surface area contributed by atoms with E-state index in [0.29, 0.717) is 17.4 Å². The normalized spacial score (nSPS) is 11.2. The molecule has 0 saturated carbocycles. The summed E-state index contributed by atoms with van der Waals surface area (Å²) in [6.07, 6.45) is 1.44. The van der Waals surface area contributed by atoms with Crippen molar-refractivity contribution in [2.24, 2.45) is 11.8 Å². The molecule has 1 aromatic heterocycles. The van der Waals surface area contributed by atoms with E-state index in [1.807, 2.05) is 4.90 Å². The molecule has 3 nitrogen and oxygen atoms in total. The topological polar surface area (TPSA) is 33.5 Å². The van der Waals surface area contributed by atoms with Crippen LogP contribution >= 0.6 is 11.6 Å². The molecule has 0 unspecified atom stereocenters. The van der Waals surface area contributed by atoms with Crippen LogP contribution in [-0.4, -0.2) is 23.9 Å². The minimum absolute atomic E-state index is 0.0499. The lowest BCUT2D eigenvalue weighted by Gasteiger charge is -2.26. The Morgan fingerprint density at radius 2 is 1.82 bits per heavy atom. The molecule has 1 amide bonds. The summed E-state index contributed by atoms with van der Waals surface area (Å²) in [6, 6.07) is 1.62. The smallest absolute Gasteiger partial charge is 0.258 e. The molecule has 0 fully saturated rings. The first-order chi connectivity index (χ1) is 7.91. The molecule has 0 aliphatic heterocycles. The van der Waals surface area contributed by atoms with Crippen molar-refractivity contribution in [2.45, 2.75) is 27.7 Å². The molecule has 0 bridgehead atoms. The molecule has 0 atom stereocenters. The van der Waals surface area contributed by atoms with E-state index >= 15 is 0 Å². The van der Waals surface area contributed by atoms with Crippen LogP contribution in [0.25, 0.3) is 0 Å². The highest BCUT2D eigenvalue weighted by Gasteiger charge is 2.21. The molecule has 1 aromatic rings. The number of hydrogen-bond donors (Lipinski definition) is 0. The van der Waals surface area contributed by atoms with Gasteiger partial charge in [-0.2, -0.15) is 0 Å². The third kappa shape index (κ3) is 4.08. The third-order valence-corrected chi connectivity index (χ3v) is 2.60. The predicted molar refractivity (Wildman–Crippen MR) is 69.3 cm³/mol. The van der Waals surface area contributed by atoms with Crippen molar-refractivity contribution >= 4 is 17.5 Å². The van der Waals surface area contributed by atoms with E-state index in [1.165, 1.54) is 6.26 Å². The summed E-state index contributed by atoms with van der Waals surface area (Å²) < 4.78 is 4.96. The van der Waals surface area contributed by atoms with Crippen molar-refractivity contribution < 1.29 is 9.21 Å². The largest absolute Gasteiger partial charge is 0.452 e. The Morgan fingerprint density at radius 1 is 1.29 bits per heavy atom. The fourth-order valence-electron chi connectivity index (χ4n) is 1.74. The summed E-state index contributed by atoms with van der Waals surface area (Å²) in [5.74, 6) is 0.818. The van der Waals surface area contributed by atoms with Crippen molar-refractivity contribution in [1.82, 2.24) is 4.90 Å². The summed E-state index contributed by atoms with van der Waals surface area (Å²) in [4.78, 5) is 14.1. The first-order valence-electron chi connectivity index (χ1n) is 5.94. The summed E-state index contributed by atoms with van der Waals surface area (Å²) in [5, 5.41) is 0.174. The molecule has 0 N–H and O–H groups in total. The standard InChI is InChI=1S/C13H20ClNO2/c1-9(2)7-15(8-10(3)4)13(16)11-5-6-17-12(11)14/h5-6,9-10H,7-8H2,1-4H3. The average molecular weight is 258 g/mol. The zero-order chi connectivity index (χ0) is 13.0. The Balaban J connectivity index is 2.82. The van der Waals surface area contributed by atoms with Gasteiger partial charge in [0.1, 0.15) is 0 Å². The van der Waals surface area contributed by atoms with Gasteiger partial charge in [0.05, 0.1) is 11.8 Å². The molecule has 1 rings (SSSR count). The molecule has 0 spiro atoms. The van der Waals surface area contributed by atoms with Crippen LogP contribution < -0.4 is 0 Å². The van der Waals surface area contributed by atoms with Crippen molar-refractivity contribution in [2.75, 3.05) is 13.1 Å². The zero-order valence-electron chi connectivity index (χ0n) is 10.9. The van der Waals surface area contributed by atoms with Crippen LogP contribution in [0.2, 0.25) is 5.22 Å². The summed E-state index contributed by atoms with van der Waals surface area (Å²) >= 11 is 5.84. The Labute approximate surface area is 108 Å². The number of hydrogen-bond acceptors (Lipinski definition) is 2. The van der Waals surface area contributed by atoms with E-state index < -0.39 is 0 Å². The molecule has 0 radical (unpaired) electrons. The summed E-state index contributed by atoms with van der Waals surface area (Å²) in [6.45, 7) is 9.85. The second-order valence-electron chi connectivity index (χ2n) is 5.11. The van der Waals surface area contributed by atoms with Crippen LogP contribution in [0.4, 0.5) is 0 Å². The lowest BCUT2D eigenvalue weighted by Crippen LogP contribution is -2.36. The van der Waals surface area contributed by atoms with Gasteiger partial charge in [-0.15, -0.1) is 0 Å². The number of nitrogens with zero attached hydrogens (tertiary/aromatic N) is 1. The Bertz CT molecular complexity index is 361. The maximum atomic E-state index is 12.3. The molecular weight excluding hydrogens is 238 g/mol. The van der Waals surface area contributed by atoms with E-state index in [9.17, 15) is 4.79 Å². The highest BCUT2D eigenvalue weighted by Crippen LogP contribution is 2.19. The maximum absolute atomic E-state index is 12.3. The van der Waals surface area contributed by atoms with E-state index in [0.717, 1.165) is 13.1 Å². The molecule has 0 saturated heterocycles. The molecular formula is C13H20ClNO2. The average Bonchev–Trinajstić information content (AvgIpc) is 2.61. The molecule has 17 heavy (non-hydrogen) atoms. The van der Waals surface area contributed by atoms with E-state index in [1.54, 1.807) is 6.07 Å². The summed E-state index contributed by atoms with van der Waals surface area (Å²) in [5.41, 5.74) is 0.452. The number of carbonyl (C=O) groups is 1. The number of carbonyl (C=O) groups excluding carboxylic acids is 1. The lowest BCUT2D eigenvalue weighted by molar-refractivity contribution is 0.0714. The van der Waals surface area contributed by atoms with Gasteiger partial charge in [-0.1, -0.05) is 27.7 Å². The number of halogens is 1. The van der Waals surface area contributed by atoms with Crippen molar-refractivity contribution in [3.05, 3.63) is 23.1 Å². The fourth-order valence-corrected chi connectivity index (χ4v) is 1.93. The van der Waals surface area contributed by atoms with Crippen LogP contribution in [-0.2, 0) is 0 Å². The SMILES string of the molecule is CC(C)CN(CC(C)C)C(=O)c1ccoc1Cl. The number of furan rings is 1. The van der Waals surface area contributed by atoms with Gasteiger partial charge < -0.3 is 9.32 Å². The van der Waals surface area contributed by atoms with Crippen LogP contribution in [0.15, 0.2) is 16.7 Å². The van der Waals surface area contributed by atoms with Gasteiger partial charge in [0.15, 0.2) is 0 Å². The highest BCUT2D eigenvalue weighted by atomic mass is 35.5. The van der Waals surface area contributed by atoms with E-state index in [-0.39, 0.29) is 11.1 Å². The Morgan fingerprint density at radius 3 is 2.18 bits per heavy atom. The zero-order valence-corrected chi connectivity index (χ0v) is 11.6. The van der Waals surface area contributed by atoms with Gasteiger partial charge in [0.25, 0.3) is 5.91 Å². The van der Waals surface area contributed by atoms with Gasteiger partial charge in [-0.3, -0.25) is 4.79 Å². The predicted octanol–water partition coefficient (Wildman–Crippen LogP) is 3.69. The van der Waals surface area contributed by atoms with E-state index in [2.05, 4.69) is 27.7 Å². The van der Waals surface area contributed by atoms with Gasteiger partial charge in [-0.05, 0) is 29.5 Å². The molecule has 1 heterocycles. The van der Waals surface area contributed by atoms with Gasteiger partial charge >= 0.3 is 0 Å². The lowest BCUT2D eigenvalue weighted by atomic mass is 10.1. The van der Waals surface area contributed by atoms with Crippen LogP contribution in [0.1, 0.15) is 38.1 Å². The van der Waals surface area contributed by atoms with Crippen LogP contribution in [0, 0.1) is 11.8 Å². The molecule has 0 aromatic carbocycles. The molecule has 0 aliphatic rings. The first-order valence-corrected chi connectivity index (χ1v) is 6.31. The van der Waals surface area contributed by atoms with Gasteiger partial charge in [0.2, 0.25) is 5.22 Å².